The zero-order valence-corrected chi connectivity index (χ0v) is 9.09. The van der Waals surface area contributed by atoms with Gasteiger partial charge in [0.15, 0.2) is 0 Å². The Morgan fingerprint density at radius 1 is 1.19 bits per heavy atom. The Balaban J connectivity index is 2.41. The maximum absolute atomic E-state index is 11.9. The van der Waals surface area contributed by atoms with Gasteiger partial charge in [-0.2, -0.15) is 13.2 Å². The van der Waals surface area contributed by atoms with Crippen LogP contribution in [0.3, 0.4) is 0 Å². The second-order valence-electron chi connectivity index (χ2n) is 3.93. The molecule has 1 rings (SSSR count). The van der Waals surface area contributed by atoms with Crippen LogP contribution in [-0.4, -0.2) is 11.3 Å². The first kappa shape index (κ1) is 13.0. The van der Waals surface area contributed by atoms with Gasteiger partial charge in [-0.1, -0.05) is 29.8 Å². The third-order valence-corrected chi connectivity index (χ3v) is 2.40. The van der Waals surface area contributed by atoms with E-state index in [0.717, 1.165) is 5.56 Å². The van der Waals surface area contributed by atoms with E-state index in [0.29, 0.717) is 5.56 Å². The van der Waals surface area contributed by atoms with Crippen molar-refractivity contribution in [2.45, 2.75) is 38.5 Å². The highest BCUT2D eigenvalue weighted by molar-refractivity contribution is 5.22. The Morgan fingerprint density at radius 2 is 1.75 bits per heavy atom. The summed E-state index contributed by atoms with van der Waals surface area (Å²) in [6, 6.07) is 7.16. The van der Waals surface area contributed by atoms with E-state index >= 15 is 0 Å². The van der Waals surface area contributed by atoms with Gasteiger partial charge in [0.2, 0.25) is 0 Å². The van der Waals surface area contributed by atoms with Crippen molar-refractivity contribution in [3.8, 4) is 0 Å². The minimum absolute atomic E-state index is 0.0431. The van der Waals surface area contributed by atoms with Crippen molar-refractivity contribution in [1.29, 1.82) is 0 Å². The van der Waals surface area contributed by atoms with E-state index in [-0.39, 0.29) is 12.8 Å². The molecular weight excluding hydrogens is 217 g/mol. The molecule has 0 saturated heterocycles. The Morgan fingerprint density at radius 3 is 2.25 bits per heavy atom. The lowest BCUT2D eigenvalue weighted by atomic mass is 10.0. The van der Waals surface area contributed by atoms with Gasteiger partial charge in [0.05, 0.1) is 6.10 Å². The first-order valence-corrected chi connectivity index (χ1v) is 5.20. The Kier molecular flexibility index (Phi) is 4.35. The molecule has 0 aromatic heterocycles. The number of alkyl halides is 3. The molecule has 0 bridgehead atoms. The van der Waals surface area contributed by atoms with E-state index in [1.165, 1.54) is 0 Å². The second kappa shape index (κ2) is 5.34. The maximum Gasteiger partial charge on any atom is 0.389 e. The van der Waals surface area contributed by atoms with Gasteiger partial charge in [-0.15, -0.1) is 0 Å². The lowest BCUT2D eigenvalue weighted by molar-refractivity contribution is -0.136. The molecule has 0 radical (unpaired) electrons. The van der Waals surface area contributed by atoms with Gasteiger partial charge in [-0.25, -0.2) is 0 Å². The van der Waals surface area contributed by atoms with E-state index in [9.17, 15) is 18.3 Å². The molecule has 0 spiro atoms. The molecule has 4 heteroatoms. The van der Waals surface area contributed by atoms with Crippen molar-refractivity contribution >= 4 is 0 Å². The average molecular weight is 232 g/mol. The molecule has 0 fully saturated rings. The molecule has 1 nitrogen and oxygen atoms in total. The Hall–Kier alpha value is -1.03. The molecule has 1 N–H and O–H groups in total. The number of rotatable bonds is 4. The molecule has 0 aliphatic rings. The van der Waals surface area contributed by atoms with Crippen LogP contribution in [0.2, 0.25) is 0 Å². The zero-order chi connectivity index (χ0) is 12.2. The van der Waals surface area contributed by atoms with Crippen LogP contribution in [0, 0.1) is 6.92 Å². The first-order valence-electron chi connectivity index (χ1n) is 5.20. The van der Waals surface area contributed by atoms with Gasteiger partial charge in [-0.05, 0) is 25.3 Å². The average Bonchev–Trinajstić information content (AvgIpc) is 2.16. The third kappa shape index (κ3) is 4.66. The number of aliphatic hydroxyl groups is 1. The molecular formula is C12H15F3O. The van der Waals surface area contributed by atoms with Crippen LogP contribution in [0.25, 0.3) is 0 Å². The van der Waals surface area contributed by atoms with E-state index in [1.807, 2.05) is 19.1 Å². The molecule has 16 heavy (non-hydrogen) atoms. The highest BCUT2D eigenvalue weighted by Gasteiger charge is 2.26. The van der Waals surface area contributed by atoms with Gasteiger partial charge < -0.3 is 5.11 Å². The smallest absolute Gasteiger partial charge is 0.388 e. The van der Waals surface area contributed by atoms with Crippen molar-refractivity contribution in [1.82, 2.24) is 0 Å². The Bertz CT molecular complexity index is 316. The molecule has 1 unspecified atom stereocenters. The summed E-state index contributed by atoms with van der Waals surface area (Å²) in [4.78, 5) is 0. The van der Waals surface area contributed by atoms with Crippen LogP contribution in [0.5, 0.6) is 0 Å². The second-order valence-corrected chi connectivity index (χ2v) is 3.93. The molecule has 0 amide bonds. The van der Waals surface area contributed by atoms with Gasteiger partial charge in [0.25, 0.3) is 0 Å². The minimum atomic E-state index is -4.13. The molecule has 0 heterocycles. The monoisotopic (exact) mass is 232 g/mol. The van der Waals surface area contributed by atoms with Gasteiger partial charge in [0, 0.05) is 6.42 Å². The molecule has 0 saturated carbocycles. The quantitative estimate of drug-likeness (QED) is 0.838. The van der Waals surface area contributed by atoms with Crippen molar-refractivity contribution in [2.24, 2.45) is 0 Å². The van der Waals surface area contributed by atoms with Crippen LogP contribution in [-0.2, 0) is 0 Å². The van der Waals surface area contributed by atoms with Crippen LogP contribution < -0.4 is 0 Å². The third-order valence-electron chi connectivity index (χ3n) is 2.40. The van der Waals surface area contributed by atoms with Crippen LogP contribution >= 0.6 is 0 Å². The first-order chi connectivity index (χ1) is 7.38. The van der Waals surface area contributed by atoms with Gasteiger partial charge in [0.1, 0.15) is 0 Å². The highest BCUT2D eigenvalue weighted by Crippen LogP contribution is 2.26. The van der Waals surface area contributed by atoms with E-state index in [4.69, 9.17) is 0 Å². The fraction of sp³-hybridized carbons (Fsp3) is 0.500. The zero-order valence-electron chi connectivity index (χ0n) is 9.09. The summed E-state index contributed by atoms with van der Waals surface area (Å²) in [7, 11) is 0. The summed E-state index contributed by atoms with van der Waals surface area (Å²) in [5, 5.41) is 9.64. The van der Waals surface area contributed by atoms with E-state index < -0.39 is 18.7 Å². The van der Waals surface area contributed by atoms with E-state index in [2.05, 4.69) is 0 Å². The number of aliphatic hydroxyl groups excluding tert-OH is 1. The predicted octanol–water partition coefficient (Wildman–Crippen LogP) is 3.76. The standard InChI is InChI=1S/C12H15F3O/c1-9-4-6-10(7-5-9)11(16)3-2-8-12(13,14)15/h4-7,11,16H,2-3,8H2,1H3. The lowest BCUT2D eigenvalue weighted by Gasteiger charge is -2.12. The number of halogens is 3. The van der Waals surface area contributed by atoms with Crippen molar-refractivity contribution in [3.05, 3.63) is 35.4 Å². The molecule has 0 aliphatic carbocycles. The normalized spacial score (nSPS) is 13.8. The summed E-state index contributed by atoms with van der Waals surface area (Å²) in [5.74, 6) is 0. The Labute approximate surface area is 92.9 Å². The van der Waals surface area contributed by atoms with Crippen LogP contribution in [0.15, 0.2) is 24.3 Å². The largest absolute Gasteiger partial charge is 0.389 e. The van der Waals surface area contributed by atoms with Crippen molar-refractivity contribution < 1.29 is 18.3 Å². The summed E-state index contributed by atoms with van der Waals surface area (Å²) in [5.41, 5.74) is 1.74. The fourth-order valence-electron chi connectivity index (χ4n) is 1.45. The molecule has 1 atom stereocenters. The lowest BCUT2D eigenvalue weighted by Crippen LogP contribution is -2.08. The summed E-state index contributed by atoms with van der Waals surface area (Å²) in [6.07, 6.45) is -5.67. The van der Waals surface area contributed by atoms with Crippen molar-refractivity contribution in [2.75, 3.05) is 0 Å². The van der Waals surface area contributed by atoms with Gasteiger partial charge >= 0.3 is 6.18 Å². The molecule has 0 aliphatic heterocycles. The topological polar surface area (TPSA) is 20.2 Å². The number of hydrogen-bond donors (Lipinski definition) is 1. The number of benzene rings is 1. The maximum atomic E-state index is 11.9. The molecule has 90 valence electrons. The van der Waals surface area contributed by atoms with Crippen molar-refractivity contribution in [3.63, 3.8) is 0 Å². The van der Waals surface area contributed by atoms with E-state index in [1.54, 1.807) is 12.1 Å². The summed E-state index contributed by atoms with van der Waals surface area (Å²) >= 11 is 0. The minimum Gasteiger partial charge on any atom is -0.388 e. The molecule has 1 aromatic rings. The number of aryl methyl sites for hydroxylation is 1. The summed E-state index contributed by atoms with van der Waals surface area (Å²) < 4.78 is 35.6. The predicted molar refractivity (Wildman–Crippen MR) is 56.0 cm³/mol. The van der Waals surface area contributed by atoms with Crippen LogP contribution in [0.1, 0.15) is 36.5 Å². The SMILES string of the molecule is Cc1ccc(C(O)CCCC(F)(F)F)cc1. The highest BCUT2D eigenvalue weighted by atomic mass is 19.4. The number of hydrogen-bond acceptors (Lipinski definition) is 1. The molecule has 1 aromatic carbocycles. The van der Waals surface area contributed by atoms with Gasteiger partial charge in [-0.3, -0.25) is 0 Å². The summed E-state index contributed by atoms with van der Waals surface area (Å²) in [6.45, 7) is 1.92. The fourth-order valence-corrected chi connectivity index (χ4v) is 1.45. The van der Waals surface area contributed by atoms with Crippen LogP contribution in [0.4, 0.5) is 13.2 Å².